The molecule has 0 unspecified atom stereocenters. The van der Waals surface area contributed by atoms with Crippen molar-refractivity contribution in [2.24, 2.45) is 5.41 Å². The molecule has 3 heteroatoms. The molecule has 0 amide bonds. The fraction of sp³-hybridized carbons (Fsp3) is 0.333. The third-order valence-corrected chi connectivity index (χ3v) is 2.23. The van der Waals surface area contributed by atoms with Crippen LogP contribution in [0.5, 0.6) is 0 Å². The second-order valence-corrected chi connectivity index (χ2v) is 4.60. The average molecular weight is 203 g/mol. The van der Waals surface area contributed by atoms with Gasteiger partial charge in [-0.15, -0.1) is 0 Å². The van der Waals surface area contributed by atoms with Crippen molar-refractivity contribution in [2.45, 2.75) is 20.8 Å². The van der Waals surface area contributed by atoms with Crippen molar-refractivity contribution in [1.29, 1.82) is 0 Å². The van der Waals surface area contributed by atoms with Crippen molar-refractivity contribution in [3.63, 3.8) is 0 Å². The van der Waals surface area contributed by atoms with Gasteiger partial charge >= 0.3 is 0 Å². The maximum absolute atomic E-state index is 11.9. The number of carbonyl (C=O) groups excluding carboxylic acids is 1. The molecule has 0 atom stereocenters. The normalized spacial score (nSPS) is 11.9. The molecule has 78 valence electrons. The largest absolute Gasteiger partial charge is 0.451 e. The summed E-state index contributed by atoms with van der Waals surface area (Å²) in [6.45, 7) is 5.63. The van der Waals surface area contributed by atoms with E-state index in [-0.39, 0.29) is 5.78 Å². The highest BCUT2D eigenvalue weighted by Gasteiger charge is 2.25. The maximum atomic E-state index is 11.9. The zero-order chi connectivity index (χ0) is 11.1. The molecule has 2 aromatic rings. The zero-order valence-electron chi connectivity index (χ0n) is 9.07. The summed E-state index contributed by atoms with van der Waals surface area (Å²) in [7, 11) is 0. The Balaban J connectivity index is 2.50. The predicted molar refractivity (Wildman–Crippen MR) is 57.8 cm³/mol. The maximum Gasteiger partial charge on any atom is 0.203 e. The first-order chi connectivity index (χ1) is 6.98. The average Bonchev–Trinajstić information content (AvgIpc) is 2.58. The van der Waals surface area contributed by atoms with E-state index < -0.39 is 5.41 Å². The number of fused-ring (bicyclic) bond motifs is 1. The molecule has 3 nitrogen and oxygen atoms in total. The molecule has 0 aromatic carbocycles. The summed E-state index contributed by atoms with van der Waals surface area (Å²) >= 11 is 0. The molecule has 2 heterocycles. The van der Waals surface area contributed by atoms with E-state index in [9.17, 15) is 4.79 Å². The van der Waals surface area contributed by atoms with Crippen LogP contribution in [-0.4, -0.2) is 10.8 Å². The molecule has 0 fully saturated rings. The van der Waals surface area contributed by atoms with Gasteiger partial charge in [0, 0.05) is 17.0 Å². The summed E-state index contributed by atoms with van der Waals surface area (Å²) in [4.78, 5) is 15.9. The second kappa shape index (κ2) is 3.19. The molecule has 0 aliphatic rings. The number of aromatic nitrogens is 1. The van der Waals surface area contributed by atoms with Gasteiger partial charge in [-0.05, 0) is 12.1 Å². The number of Topliss-reactive ketones (excluding diaryl/α,β-unsaturated/α-hetero) is 1. The van der Waals surface area contributed by atoms with Crippen LogP contribution in [0.1, 0.15) is 31.3 Å². The van der Waals surface area contributed by atoms with Crippen LogP contribution < -0.4 is 0 Å². The number of furan rings is 1. The van der Waals surface area contributed by atoms with Crippen LogP contribution >= 0.6 is 0 Å². The fourth-order valence-electron chi connectivity index (χ4n) is 1.37. The topological polar surface area (TPSA) is 43.1 Å². The lowest BCUT2D eigenvalue weighted by molar-refractivity contribution is 0.0831. The van der Waals surface area contributed by atoms with Crippen LogP contribution in [0, 0.1) is 5.41 Å². The van der Waals surface area contributed by atoms with Crippen LogP contribution in [0.15, 0.2) is 28.9 Å². The van der Waals surface area contributed by atoms with E-state index >= 15 is 0 Å². The Morgan fingerprint density at radius 3 is 2.73 bits per heavy atom. The van der Waals surface area contributed by atoms with E-state index in [1.165, 1.54) is 0 Å². The first-order valence-corrected chi connectivity index (χ1v) is 4.87. The van der Waals surface area contributed by atoms with Gasteiger partial charge in [-0.1, -0.05) is 20.8 Å². The van der Waals surface area contributed by atoms with Gasteiger partial charge in [0.1, 0.15) is 0 Å². The minimum Gasteiger partial charge on any atom is -0.451 e. The molecule has 0 saturated heterocycles. The first kappa shape index (κ1) is 9.90. The van der Waals surface area contributed by atoms with Gasteiger partial charge in [-0.3, -0.25) is 9.78 Å². The Kier molecular flexibility index (Phi) is 2.11. The Morgan fingerprint density at radius 1 is 1.40 bits per heavy atom. The number of carbonyl (C=O) groups is 1. The standard InChI is InChI=1S/C12H13NO2/c1-12(2,3)11(14)9-6-8-4-5-13-7-10(8)15-9/h4-7H,1-3H3. The van der Waals surface area contributed by atoms with Crippen LogP contribution in [0.25, 0.3) is 11.0 Å². The number of nitrogens with zero attached hydrogens (tertiary/aromatic N) is 1. The molecule has 0 saturated carbocycles. The number of rotatable bonds is 1. The molecular formula is C12H13NO2. The molecule has 0 aliphatic carbocycles. The Morgan fingerprint density at radius 2 is 2.13 bits per heavy atom. The van der Waals surface area contributed by atoms with Crippen molar-refractivity contribution in [2.75, 3.05) is 0 Å². The Hall–Kier alpha value is -1.64. The number of hydrogen-bond donors (Lipinski definition) is 0. The van der Waals surface area contributed by atoms with Gasteiger partial charge in [0.15, 0.2) is 11.3 Å². The van der Waals surface area contributed by atoms with Crippen molar-refractivity contribution < 1.29 is 9.21 Å². The monoisotopic (exact) mass is 203 g/mol. The minimum absolute atomic E-state index is 0.0127. The van der Waals surface area contributed by atoms with Crippen LogP contribution in [0.2, 0.25) is 0 Å². The molecular weight excluding hydrogens is 190 g/mol. The molecule has 0 bridgehead atoms. The van der Waals surface area contributed by atoms with E-state index in [2.05, 4.69) is 4.98 Å². The Bertz CT molecular complexity index is 473. The van der Waals surface area contributed by atoms with E-state index in [4.69, 9.17) is 4.42 Å². The van der Waals surface area contributed by atoms with Crippen molar-refractivity contribution in [3.05, 3.63) is 30.3 Å². The number of pyridine rings is 1. The van der Waals surface area contributed by atoms with Crippen molar-refractivity contribution in [1.82, 2.24) is 4.98 Å². The fourth-order valence-corrected chi connectivity index (χ4v) is 1.37. The molecule has 2 aromatic heterocycles. The van der Waals surface area contributed by atoms with Crippen molar-refractivity contribution >= 4 is 16.8 Å². The summed E-state index contributed by atoms with van der Waals surface area (Å²) in [6.07, 6.45) is 3.30. The molecule has 15 heavy (non-hydrogen) atoms. The number of hydrogen-bond acceptors (Lipinski definition) is 3. The van der Waals surface area contributed by atoms with E-state index in [0.29, 0.717) is 11.3 Å². The van der Waals surface area contributed by atoms with Gasteiger partial charge in [0.2, 0.25) is 5.78 Å². The SMILES string of the molecule is CC(C)(C)C(=O)c1cc2ccncc2o1. The summed E-state index contributed by atoms with van der Waals surface area (Å²) in [5.74, 6) is 0.421. The molecule has 0 aliphatic heterocycles. The third kappa shape index (κ3) is 1.77. The lowest BCUT2D eigenvalue weighted by Gasteiger charge is -2.13. The quantitative estimate of drug-likeness (QED) is 0.669. The highest BCUT2D eigenvalue weighted by atomic mass is 16.3. The van der Waals surface area contributed by atoms with Gasteiger partial charge in [0.05, 0.1) is 6.20 Å². The van der Waals surface area contributed by atoms with Gasteiger partial charge in [-0.2, -0.15) is 0 Å². The summed E-state index contributed by atoms with van der Waals surface area (Å²) in [5.41, 5.74) is 0.242. The molecule has 0 radical (unpaired) electrons. The van der Waals surface area contributed by atoms with E-state index in [1.54, 1.807) is 18.5 Å². The van der Waals surface area contributed by atoms with Gasteiger partial charge in [0.25, 0.3) is 0 Å². The second-order valence-electron chi connectivity index (χ2n) is 4.60. The summed E-state index contributed by atoms with van der Waals surface area (Å²) < 4.78 is 5.44. The van der Waals surface area contributed by atoms with Crippen LogP contribution in [-0.2, 0) is 0 Å². The van der Waals surface area contributed by atoms with E-state index in [0.717, 1.165) is 5.39 Å². The summed E-state index contributed by atoms with van der Waals surface area (Å²) in [5, 5.41) is 0.914. The number of ketones is 1. The highest BCUT2D eigenvalue weighted by Crippen LogP contribution is 2.25. The van der Waals surface area contributed by atoms with Gasteiger partial charge < -0.3 is 4.42 Å². The third-order valence-electron chi connectivity index (χ3n) is 2.23. The van der Waals surface area contributed by atoms with Gasteiger partial charge in [-0.25, -0.2) is 0 Å². The minimum atomic E-state index is -0.415. The van der Waals surface area contributed by atoms with Crippen LogP contribution in [0.4, 0.5) is 0 Å². The molecule has 2 rings (SSSR count). The predicted octanol–water partition coefficient (Wildman–Crippen LogP) is 3.06. The Labute approximate surface area is 88.1 Å². The van der Waals surface area contributed by atoms with Crippen molar-refractivity contribution in [3.8, 4) is 0 Å². The highest BCUT2D eigenvalue weighted by molar-refractivity contribution is 6.00. The molecule has 0 spiro atoms. The van der Waals surface area contributed by atoms with Crippen LogP contribution in [0.3, 0.4) is 0 Å². The lowest BCUT2D eigenvalue weighted by Crippen LogP contribution is -2.19. The van der Waals surface area contributed by atoms with E-state index in [1.807, 2.05) is 26.8 Å². The zero-order valence-corrected chi connectivity index (χ0v) is 9.07. The lowest BCUT2D eigenvalue weighted by atomic mass is 9.89. The summed E-state index contributed by atoms with van der Waals surface area (Å²) in [6, 6.07) is 3.60. The smallest absolute Gasteiger partial charge is 0.203 e. The molecule has 0 N–H and O–H groups in total. The first-order valence-electron chi connectivity index (χ1n) is 4.87.